The summed E-state index contributed by atoms with van der Waals surface area (Å²) < 4.78 is 34.5. The van der Waals surface area contributed by atoms with Gasteiger partial charge in [0.15, 0.2) is 6.61 Å². The lowest BCUT2D eigenvalue weighted by molar-refractivity contribution is -0.118. The van der Waals surface area contributed by atoms with Crippen LogP contribution in [0.25, 0.3) is 0 Å². The summed E-state index contributed by atoms with van der Waals surface area (Å²) in [6.07, 6.45) is 1.04. The fraction of sp³-hybridized carbons (Fsp3) is 0.269. The van der Waals surface area contributed by atoms with Crippen LogP contribution >= 0.6 is 15.9 Å². The smallest absolute Gasteiger partial charge is 0.262 e. The number of nitrogens with one attached hydrogen (secondary N) is 2. The maximum atomic E-state index is 12.7. The predicted molar refractivity (Wildman–Crippen MR) is 140 cm³/mol. The van der Waals surface area contributed by atoms with E-state index in [1.807, 2.05) is 38.1 Å². The maximum Gasteiger partial charge on any atom is 0.262 e. The van der Waals surface area contributed by atoms with E-state index in [0.717, 1.165) is 22.0 Å². The highest BCUT2D eigenvalue weighted by atomic mass is 79.9. The standard InChI is InChI=1S/C26H29BrN2O4S/c1-5-19(4)20-6-11-25(24(27)15-20)33-16-26(30)28-21-7-9-23(10-8-21)34(31,32)29-22-13-17(2)12-18(3)14-22/h6-15,19,29H,5,16H2,1-4H3,(H,28,30). The van der Waals surface area contributed by atoms with Crippen LogP contribution in [0.1, 0.15) is 42.9 Å². The summed E-state index contributed by atoms with van der Waals surface area (Å²) in [6, 6.07) is 17.4. The van der Waals surface area contributed by atoms with Crippen molar-refractivity contribution in [3.63, 3.8) is 0 Å². The van der Waals surface area contributed by atoms with Gasteiger partial charge in [-0.15, -0.1) is 0 Å². The van der Waals surface area contributed by atoms with E-state index in [1.54, 1.807) is 24.3 Å². The average molecular weight is 545 g/mol. The first kappa shape index (κ1) is 25.8. The van der Waals surface area contributed by atoms with Gasteiger partial charge in [0.2, 0.25) is 0 Å². The lowest BCUT2D eigenvalue weighted by Gasteiger charge is -2.13. The van der Waals surface area contributed by atoms with Crippen molar-refractivity contribution in [2.45, 2.75) is 44.9 Å². The molecule has 3 aromatic rings. The third kappa shape index (κ3) is 6.84. The molecule has 0 saturated heterocycles. The van der Waals surface area contributed by atoms with E-state index in [4.69, 9.17) is 4.74 Å². The molecule has 0 aliphatic heterocycles. The molecule has 1 unspecified atom stereocenters. The number of aryl methyl sites for hydroxylation is 2. The van der Waals surface area contributed by atoms with E-state index in [2.05, 4.69) is 39.8 Å². The molecule has 0 saturated carbocycles. The lowest BCUT2D eigenvalue weighted by Crippen LogP contribution is -2.20. The van der Waals surface area contributed by atoms with Gasteiger partial charge in [0, 0.05) is 11.4 Å². The molecule has 0 spiro atoms. The van der Waals surface area contributed by atoms with Crippen molar-refractivity contribution in [2.24, 2.45) is 0 Å². The fourth-order valence-electron chi connectivity index (χ4n) is 3.48. The summed E-state index contributed by atoms with van der Waals surface area (Å²) in [7, 11) is -3.75. The van der Waals surface area contributed by atoms with Crippen LogP contribution in [0.4, 0.5) is 11.4 Å². The Morgan fingerprint density at radius 1 is 0.971 bits per heavy atom. The Labute approximate surface area is 209 Å². The SMILES string of the molecule is CCC(C)c1ccc(OCC(=O)Nc2ccc(S(=O)(=O)Nc3cc(C)cc(C)c3)cc2)c(Br)c1. The van der Waals surface area contributed by atoms with Crippen molar-refractivity contribution in [2.75, 3.05) is 16.6 Å². The number of hydrogen-bond acceptors (Lipinski definition) is 4. The van der Waals surface area contributed by atoms with Crippen LogP contribution in [-0.4, -0.2) is 20.9 Å². The van der Waals surface area contributed by atoms with Gasteiger partial charge in [0.1, 0.15) is 5.75 Å². The number of rotatable bonds is 9. The van der Waals surface area contributed by atoms with Gasteiger partial charge in [-0.25, -0.2) is 8.42 Å². The van der Waals surface area contributed by atoms with Gasteiger partial charge in [-0.3, -0.25) is 9.52 Å². The molecule has 1 amide bonds. The predicted octanol–water partition coefficient (Wildman–Crippen LogP) is 6.40. The summed E-state index contributed by atoms with van der Waals surface area (Å²) in [5.41, 5.74) is 4.13. The van der Waals surface area contributed by atoms with E-state index in [9.17, 15) is 13.2 Å². The van der Waals surface area contributed by atoms with Gasteiger partial charge < -0.3 is 10.1 Å². The molecule has 2 N–H and O–H groups in total. The minimum Gasteiger partial charge on any atom is -0.483 e. The van der Waals surface area contributed by atoms with Crippen LogP contribution in [0.2, 0.25) is 0 Å². The van der Waals surface area contributed by atoms with Crippen molar-refractivity contribution in [1.29, 1.82) is 0 Å². The number of amides is 1. The average Bonchev–Trinajstić information content (AvgIpc) is 2.77. The Hall–Kier alpha value is -2.84. The minimum atomic E-state index is -3.75. The zero-order valence-electron chi connectivity index (χ0n) is 19.7. The summed E-state index contributed by atoms with van der Waals surface area (Å²) >= 11 is 3.50. The van der Waals surface area contributed by atoms with Crippen LogP contribution in [0.5, 0.6) is 5.75 Å². The first-order valence-electron chi connectivity index (χ1n) is 11.0. The Morgan fingerprint density at radius 3 is 2.21 bits per heavy atom. The zero-order chi connectivity index (χ0) is 24.9. The molecule has 0 radical (unpaired) electrons. The number of carbonyl (C=O) groups is 1. The molecule has 6 nitrogen and oxygen atoms in total. The van der Waals surface area contributed by atoms with Crippen LogP contribution in [-0.2, 0) is 14.8 Å². The van der Waals surface area contributed by atoms with E-state index in [1.165, 1.54) is 17.7 Å². The third-order valence-corrected chi connectivity index (χ3v) is 7.44. The molecule has 8 heteroatoms. The molecule has 0 bridgehead atoms. The number of sulfonamides is 1. The third-order valence-electron chi connectivity index (χ3n) is 5.42. The molecular weight excluding hydrogens is 516 g/mol. The summed E-state index contributed by atoms with van der Waals surface area (Å²) in [6.45, 7) is 7.94. The quantitative estimate of drug-likeness (QED) is 0.326. The Balaban J connectivity index is 1.59. The van der Waals surface area contributed by atoms with Crippen molar-refractivity contribution in [1.82, 2.24) is 0 Å². The second kappa shape index (κ2) is 11.1. The largest absolute Gasteiger partial charge is 0.483 e. The number of carbonyl (C=O) groups excluding carboxylic acids is 1. The number of benzene rings is 3. The molecule has 0 fully saturated rings. The molecule has 3 aromatic carbocycles. The van der Waals surface area contributed by atoms with Gasteiger partial charge >= 0.3 is 0 Å². The molecule has 3 rings (SSSR count). The number of halogens is 1. The van der Waals surface area contributed by atoms with Gasteiger partial charge in [-0.1, -0.05) is 26.0 Å². The number of anilines is 2. The molecule has 0 aromatic heterocycles. The van der Waals surface area contributed by atoms with Crippen molar-refractivity contribution in [3.8, 4) is 5.75 Å². The van der Waals surface area contributed by atoms with E-state index < -0.39 is 10.0 Å². The molecule has 180 valence electrons. The summed E-state index contributed by atoms with van der Waals surface area (Å²) in [4.78, 5) is 12.4. The van der Waals surface area contributed by atoms with Gasteiger partial charge in [-0.2, -0.15) is 0 Å². The highest BCUT2D eigenvalue weighted by molar-refractivity contribution is 9.10. The van der Waals surface area contributed by atoms with Crippen LogP contribution in [0.15, 0.2) is 70.0 Å². The van der Waals surface area contributed by atoms with E-state index in [-0.39, 0.29) is 17.4 Å². The topological polar surface area (TPSA) is 84.5 Å². The second-order valence-corrected chi connectivity index (χ2v) is 10.9. The van der Waals surface area contributed by atoms with Gasteiger partial charge in [0.25, 0.3) is 15.9 Å². The fourth-order valence-corrected chi connectivity index (χ4v) is 5.03. The lowest BCUT2D eigenvalue weighted by atomic mass is 9.99. The summed E-state index contributed by atoms with van der Waals surface area (Å²) in [5, 5.41) is 2.72. The first-order valence-corrected chi connectivity index (χ1v) is 13.3. The van der Waals surface area contributed by atoms with Crippen molar-refractivity contribution < 1.29 is 17.9 Å². The number of ether oxygens (including phenoxy) is 1. The molecule has 0 heterocycles. The zero-order valence-corrected chi connectivity index (χ0v) is 22.1. The first-order chi connectivity index (χ1) is 16.1. The highest BCUT2D eigenvalue weighted by Gasteiger charge is 2.15. The Bertz CT molecular complexity index is 1250. The second-order valence-electron chi connectivity index (χ2n) is 8.34. The molecular formula is C26H29BrN2O4S. The van der Waals surface area contributed by atoms with Crippen molar-refractivity contribution in [3.05, 3.63) is 81.8 Å². The minimum absolute atomic E-state index is 0.103. The molecule has 0 aliphatic carbocycles. The molecule has 0 aliphatic rings. The molecule has 1 atom stereocenters. The van der Waals surface area contributed by atoms with Crippen LogP contribution in [0, 0.1) is 13.8 Å². The van der Waals surface area contributed by atoms with Gasteiger partial charge in [0.05, 0.1) is 9.37 Å². The highest BCUT2D eigenvalue weighted by Crippen LogP contribution is 2.30. The monoisotopic (exact) mass is 544 g/mol. The Kier molecular flexibility index (Phi) is 8.38. The number of hydrogen-bond donors (Lipinski definition) is 2. The van der Waals surface area contributed by atoms with Crippen LogP contribution < -0.4 is 14.8 Å². The molecule has 34 heavy (non-hydrogen) atoms. The van der Waals surface area contributed by atoms with E-state index in [0.29, 0.717) is 23.0 Å². The van der Waals surface area contributed by atoms with Gasteiger partial charge in [-0.05, 0) is 107 Å². The summed E-state index contributed by atoms with van der Waals surface area (Å²) in [5.74, 6) is 0.680. The Morgan fingerprint density at radius 2 is 1.62 bits per heavy atom. The van der Waals surface area contributed by atoms with Crippen LogP contribution in [0.3, 0.4) is 0 Å². The van der Waals surface area contributed by atoms with Crippen molar-refractivity contribution >= 4 is 43.2 Å². The normalized spacial score (nSPS) is 12.1. The maximum absolute atomic E-state index is 12.7. The van der Waals surface area contributed by atoms with E-state index >= 15 is 0 Å².